The number of para-hydroxylation sites is 1. The summed E-state index contributed by atoms with van der Waals surface area (Å²) < 4.78 is 23.7. The van der Waals surface area contributed by atoms with E-state index in [4.69, 9.17) is 0 Å². The molecule has 1 saturated carbocycles. The molecule has 1 fully saturated rings. The molecule has 130 valence electrons. The third-order valence-electron chi connectivity index (χ3n) is 5.31. The zero-order valence-corrected chi connectivity index (χ0v) is 14.5. The Morgan fingerprint density at radius 1 is 1.20 bits per heavy atom. The Morgan fingerprint density at radius 2 is 1.96 bits per heavy atom. The lowest BCUT2D eigenvalue weighted by Crippen LogP contribution is -2.11. The van der Waals surface area contributed by atoms with Gasteiger partial charge in [0.1, 0.15) is 10.6 Å². The molecule has 3 unspecified atom stereocenters. The number of rotatable bonds is 5. The number of nitro groups is 1. The molecule has 0 heterocycles. The van der Waals surface area contributed by atoms with Gasteiger partial charge >= 0.3 is 5.69 Å². The first-order valence-corrected chi connectivity index (χ1v) is 10.1. The minimum absolute atomic E-state index is 0.246. The normalized spacial score (nSPS) is 23.6. The zero-order valence-electron chi connectivity index (χ0n) is 13.7. The summed E-state index contributed by atoms with van der Waals surface area (Å²) in [6, 6.07) is 12.8. The quantitative estimate of drug-likeness (QED) is 0.655. The number of nitrogens with zero attached hydrogens (tertiary/aromatic N) is 1. The summed E-state index contributed by atoms with van der Waals surface area (Å²) in [4.78, 5) is 10.5. The van der Waals surface area contributed by atoms with E-state index in [1.54, 1.807) is 6.07 Å². The molecular weight excluding hydrogens is 340 g/mol. The van der Waals surface area contributed by atoms with Crippen LogP contribution >= 0.6 is 0 Å². The first kappa shape index (κ1) is 16.1. The fourth-order valence-corrected chi connectivity index (χ4v) is 5.00. The second-order valence-corrected chi connectivity index (χ2v) is 8.80. The largest absolute Gasteiger partial charge is 0.379 e. The van der Waals surface area contributed by atoms with Crippen LogP contribution in [0.15, 0.2) is 47.4 Å². The van der Waals surface area contributed by atoms with Gasteiger partial charge in [0.05, 0.1) is 4.92 Å². The van der Waals surface area contributed by atoms with Crippen molar-refractivity contribution in [2.45, 2.75) is 17.2 Å². The first-order chi connectivity index (χ1) is 11.9. The molecule has 0 bridgehead atoms. The molecule has 0 aliphatic heterocycles. The van der Waals surface area contributed by atoms with Crippen LogP contribution in [0.5, 0.6) is 0 Å². The minimum Gasteiger partial charge on any atom is -0.379 e. The van der Waals surface area contributed by atoms with Crippen LogP contribution in [-0.4, -0.2) is 26.1 Å². The van der Waals surface area contributed by atoms with E-state index >= 15 is 0 Å². The molecule has 2 aromatic rings. The van der Waals surface area contributed by atoms with Gasteiger partial charge in [0.2, 0.25) is 0 Å². The van der Waals surface area contributed by atoms with Gasteiger partial charge in [-0.05, 0) is 47.4 Å². The van der Waals surface area contributed by atoms with Crippen molar-refractivity contribution in [3.05, 3.63) is 63.7 Å². The fraction of sp³-hybridized carbons (Fsp3) is 0.333. The van der Waals surface area contributed by atoms with Crippen molar-refractivity contribution in [2.75, 3.05) is 18.1 Å². The van der Waals surface area contributed by atoms with Gasteiger partial charge in [-0.25, -0.2) is 8.42 Å². The van der Waals surface area contributed by atoms with Crippen LogP contribution in [-0.2, 0) is 16.3 Å². The highest BCUT2D eigenvalue weighted by molar-refractivity contribution is 7.90. The second-order valence-electron chi connectivity index (χ2n) is 6.82. The SMILES string of the molecule is CS(=O)(=O)c1cccc(NCC2C3Cc4ccccc4C23)c1[N+](=O)[O-]. The van der Waals surface area contributed by atoms with E-state index in [0.29, 0.717) is 24.3 Å². The highest BCUT2D eigenvalue weighted by atomic mass is 32.2. The predicted molar refractivity (Wildman–Crippen MR) is 94.6 cm³/mol. The third kappa shape index (κ3) is 2.68. The summed E-state index contributed by atoms with van der Waals surface area (Å²) in [5.74, 6) is 1.54. The Bertz CT molecular complexity index is 971. The van der Waals surface area contributed by atoms with E-state index in [0.717, 1.165) is 12.7 Å². The van der Waals surface area contributed by atoms with E-state index in [2.05, 4.69) is 23.5 Å². The minimum atomic E-state index is -3.66. The molecule has 4 rings (SSSR count). The first-order valence-electron chi connectivity index (χ1n) is 8.17. The molecule has 2 aliphatic carbocycles. The summed E-state index contributed by atoms with van der Waals surface area (Å²) in [7, 11) is -3.66. The molecular formula is C18H18N2O4S. The van der Waals surface area contributed by atoms with Crippen molar-refractivity contribution in [1.29, 1.82) is 0 Å². The van der Waals surface area contributed by atoms with E-state index in [9.17, 15) is 18.5 Å². The van der Waals surface area contributed by atoms with E-state index in [1.807, 2.05) is 6.07 Å². The molecule has 0 radical (unpaired) electrons. The molecule has 1 N–H and O–H groups in total. The molecule has 3 atom stereocenters. The number of hydrogen-bond acceptors (Lipinski definition) is 5. The molecule has 0 saturated heterocycles. The number of nitrogens with one attached hydrogen (secondary N) is 1. The maximum Gasteiger partial charge on any atom is 0.310 e. The van der Waals surface area contributed by atoms with Gasteiger partial charge in [-0.3, -0.25) is 10.1 Å². The molecule has 2 aliphatic rings. The van der Waals surface area contributed by atoms with Crippen LogP contribution in [0.1, 0.15) is 17.0 Å². The molecule has 25 heavy (non-hydrogen) atoms. The van der Waals surface area contributed by atoms with E-state index < -0.39 is 14.8 Å². The Morgan fingerprint density at radius 3 is 2.68 bits per heavy atom. The van der Waals surface area contributed by atoms with Gasteiger partial charge in [-0.2, -0.15) is 0 Å². The monoisotopic (exact) mass is 358 g/mol. The number of anilines is 1. The highest BCUT2D eigenvalue weighted by Gasteiger charge is 2.54. The Balaban J connectivity index is 1.55. The van der Waals surface area contributed by atoms with Crippen molar-refractivity contribution in [3.8, 4) is 0 Å². The van der Waals surface area contributed by atoms with Crippen molar-refractivity contribution in [3.63, 3.8) is 0 Å². The number of hydrogen-bond donors (Lipinski definition) is 1. The molecule has 0 spiro atoms. The Hall–Kier alpha value is -2.41. The summed E-state index contributed by atoms with van der Waals surface area (Å²) >= 11 is 0. The lowest BCUT2D eigenvalue weighted by molar-refractivity contribution is -0.386. The molecule has 0 aromatic heterocycles. The van der Waals surface area contributed by atoms with Crippen molar-refractivity contribution in [1.82, 2.24) is 0 Å². The van der Waals surface area contributed by atoms with Crippen LogP contribution in [0.3, 0.4) is 0 Å². The summed E-state index contributed by atoms with van der Waals surface area (Å²) in [5.41, 5.74) is 2.69. The van der Waals surface area contributed by atoms with Crippen LogP contribution < -0.4 is 5.32 Å². The Labute approximate surface area is 145 Å². The van der Waals surface area contributed by atoms with Gasteiger partial charge in [0.15, 0.2) is 9.84 Å². The summed E-state index contributed by atoms with van der Waals surface area (Å²) in [6.45, 7) is 0.609. The molecule has 6 nitrogen and oxygen atoms in total. The molecule has 0 amide bonds. The lowest BCUT2D eigenvalue weighted by Gasteiger charge is -2.11. The third-order valence-corrected chi connectivity index (χ3v) is 6.44. The predicted octanol–water partition coefficient (Wildman–Crippen LogP) is 3.00. The second kappa shape index (κ2) is 5.56. The number of fused-ring (bicyclic) bond motifs is 3. The average molecular weight is 358 g/mol. The zero-order chi connectivity index (χ0) is 17.8. The number of nitro benzene ring substituents is 1. The van der Waals surface area contributed by atoms with Crippen LogP contribution in [0, 0.1) is 22.0 Å². The highest BCUT2D eigenvalue weighted by Crippen LogP contribution is 2.61. The standard InChI is InChI=1S/C18H18N2O4S/c1-25(23,24)16-8-4-7-15(18(16)20(21)22)19-10-14-13-9-11-5-2-3-6-12(11)17(13)14/h2-8,13-14,17,19H,9-10H2,1H3. The van der Waals surface area contributed by atoms with E-state index in [1.165, 1.54) is 23.3 Å². The number of benzene rings is 2. The average Bonchev–Trinajstić information content (AvgIpc) is 3.09. The summed E-state index contributed by atoms with van der Waals surface area (Å²) in [5, 5.41) is 14.5. The topological polar surface area (TPSA) is 89.3 Å². The van der Waals surface area contributed by atoms with E-state index in [-0.39, 0.29) is 16.3 Å². The molecule has 7 heteroatoms. The van der Waals surface area contributed by atoms with Crippen molar-refractivity contribution < 1.29 is 13.3 Å². The van der Waals surface area contributed by atoms with Crippen molar-refractivity contribution in [2.24, 2.45) is 11.8 Å². The number of sulfone groups is 1. The van der Waals surface area contributed by atoms with Crippen LogP contribution in [0.25, 0.3) is 0 Å². The van der Waals surface area contributed by atoms with Gasteiger partial charge in [0, 0.05) is 12.8 Å². The maximum atomic E-state index is 11.8. The lowest BCUT2D eigenvalue weighted by atomic mass is 10.0. The summed E-state index contributed by atoms with van der Waals surface area (Å²) in [6.07, 6.45) is 2.04. The smallest absolute Gasteiger partial charge is 0.310 e. The maximum absolute atomic E-state index is 11.8. The molecule has 2 aromatic carbocycles. The van der Waals surface area contributed by atoms with Gasteiger partial charge in [-0.1, -0.05) is 30.3 Å². The Kier molecular flexibility index (Phi) is 3.57. The van der Waals surface area contributed by atoms with Gasteiger partial charge in [-0.15, -0.1) is 0 Å². The van der Waals surface area contributed by atoms with Crippen LogP contribution in [0.4, 0.5) is 11.4 Å². The fourth-order valence-electron chi connectivity index (χ4n) is 4.14. The van der Waals surface area contributed by atoms with Crippen molar-refractivity contribution >= 4 is 21.2 Å². The van der Waals surface area contributed by atoms with Crippen LogP contribution in [0.2, 0.25) is 0 Å². The van der Waals surface area contributed by atoms with Gasteiger partial charge < -0.3 is 5.32 Å². The van der Waals surface area contributed by atoms with Gasteiger partial charge in [0.25, 0.3) is 0 Å².